The molecule has 0 radical (unpaired) electrons. The number of thiocarbonyl (C=S) groups is 1. The van der Waals surface area contributed by atoms with E-state index in [1.165, 1.54) is 25.9 Å². The maximum atomic E-state index is 5.79. The third-order valence-corrected chi connectivity index (χ3v) is 3.82. The van der Waals surface area contributed by atoms with E-state index >= 15 is 0 Å². The minimum Gasteiger partial charge on any atom is -0.389 e. The summed E-state index contributed by atoms with van der Waals surface area (Å²) in [6.07, 6.45) is 2.61. The molecule has 0 aliphatic carbocycles. The van der Waals surface area contributed by atoms with Crippen molar-refractivity contribution >= 4 is 23.0 Å². The van der Waals surface area contributed by atoms with Crippen molar-refractivity contribution in [2.24, 2.45) is 5.73 Å². The Balaban J connectivity index is 2.02. The van der Waals surface area contributed by atoms with E-state index in [2.05, 4.69) is 20.4 Å². The second kappa shape index (κ2) is 6.25. The van der Waals surface area contributed by atoms with Crippen LogP contribution in [-0.2, 0) is 0 Å². The molecule has 0 spiro atoms. The van der Waals surface area contributed by atoms with Gasteiger partial charge in [-0.15, -0.1) is 5.10 Å². The Morgan fingerprint density at radius 2 is 2.00 bits per heavy atom. The summed E-state index contributed by atoms with van der Waals surface area (Å²) in [6, 6.07) is 0. The van der Waals surface area contributed by atoms with Gasteiger partial charge in [0.25, 0.3) is 0 Å². The molecule has 0 saturated carbocycles. The van der Waals surface area contributed by atoms with Crippen LogP contribution in [0.15, 0.2) is 0 Å². The Kier molecular flexibility index (Phi) is 4.66. The maximum absolute atomic E-state index is 5.79. The second-order valence-electron chi connectivity index (χ2n) is 4.97. The average Bonchev–Trinajstić information content (AvgIpc) is 2.86. The van der Waals surface area contributed by atoms with Gasteiger partial charge >= 0.3 is 0 Å². The van der Waals surface area contributed by atoms with Gasteiger partial charge in [0, 0.05) is 13.1 Å². The maximum Gasteiger partial charge on any atom is 0.159 e. The monoisotopic (exact) mass is 279 g/mol. The summed E-state index contributed by atoms with van der Waals surface area (Å²) < 4.78 is 0. The van der Waals surface area contributed by atoms with Crippen LogP contribution in [0.5, 0.6) is 0 Å². The summed E-state index contributed by atoms with van der Waals surface area (Å²) >= 11 is 5.11. The van der Waals surface area contributed by atoms with Crippen molar-refractivity contribution in [3.8, 4) is 0 Å². The third-order valence-electron chi connectivity index (χ3n) is 3.62. The average molecular weight is 279 g/mol. The van der Waals surface area contributed by atoms with Crippen LogP contribution >= 0.6 is 12.2 Å². The van der Waals surface area contributed by atoms with Crippen molar-refractivity contribution in [3.63, 3.8) is 0 Å². The smallest absolute Gasteiger partial charge is 0.159 e. The Morgan fingerprint density at radius 1 is 1.32 bits per heavy atom. The number of hydrogen-bond donors (Lipinski definition) is 2. The van der Waals surface area contributed by atoms with Gasteiger partial charge in [-0.3, -0.25) is 0 Å². The zero-order valence-corrected chi connectivity index (χ0v) is 12.4. The van der Waals surface area contributed by atoms with Gasteiger partial charge in [-0.1, -0.05) is 12.2 Å². The molecule has 0 atom stereocenters. The fourth-order valence-corrected chi connectivity index (χ4v) is 2.62. The number of anilines is 1. The van der Waals surface area contributed by atoms with E-state index < -0.39 is 0 Å². The van der Waals surface area contributed by atoms with Crippen molar-refractivity contribution in [2.45, 2.75) is 26.7 Å². The number of likely N-dealkylation sites (tertiary alicyclic amines) is 1. The van der Waals surface area contributed by atoms with Gasteiger partial charge in [-0.25, -0.2) is 0 Å². The van der Waals surface area contributed by atoms with Gasteiger partial charge in [-0.2, -0.15) is 5.10 Å². The highest BCUT2D eigenvalue weighted by Crippen LogP contribution is 2.18. The first-order chi connectivity index (χ1) is 9.09. The van der Waals surface area contributed by atoms with Gasteiger partial charge in [0.2, 0.25) is 0 Å². The molecule has 2 rings (SSSR count). The lowest BCUT2D eigenvalue weighted by Gasteiger charge is -2.17. The van der Waals surface area contributed by atoms with E-state index in [0.717, 1.165) is 29.9 Å². The van der Waals surface area contributed by atoms with Crippen molar-refractivity contribution in [1.29, 1.82) is 0 Å². The van der Waals surface area contributed by atoms with Crippen molar-refractivity contribution in [1.82, 2.24) is 15.1 Å². The van der Waals surface area contributed by atoms with Crippen LogP contribution in [0.3, 0.4) is 0 Å². The SMILES string of the molecule is Cc1nnc(NCCN2CCCC2)c(C(N)=S)c1C. The molecule has 1 aliphatic heterocycles. The van der Waals surface area contributed by atoms with Crippen LogP contribution in [0.25, 0.3) is 0 Å². The van der Waals surface area contributed by atoms with E-state index in [1.807, 2.05) is 13.8 Å². The summed E-state index contributed by atoms with van der Waals surface area (Å²) in [5, 5.41) is 11.6. The van der Waals surface area contributed by atoms with Crippen molar-refractivity contribution in [3.05, 3.63) is 16.8 Å². The van der Waals surface area contributed by atoms with Gasteiger partial charge in [0.1, 0.15) is 4.99 Å². The molecule has 5 nitrogen and oxygen atoms in total. The minimum atomic E-state index is 0.374. The Morgan fingerprint density at radius 3 is 2.63 bits per heavy atom. The first-order valence-electron chi connectivity index (χ1n) is 6.69. The first-order valence-corrected chi connectivity index (χ1v) is 7.10. The number of hydrogen-bond acceptors (Lipinski definition) is 5. The van der Waals surface area contributed by atoms with Crippen molar-refractivity contribution < 1.29 is 0 Å². The first kappa shape index (κ1) is 14.1. The molecule has 1 saturated heterocycles. The third kappa shape index (κ3) is 3.39. The number of nitrogens with two attached hydrogens (primary N) is 1. The molecular weight excluding hydrogens is 258 g/mol. The fraction of sp³-hybridized carbons (Fsp3) is 0.615. The Hall–Kier alpha value is -1.27. The lowest BCUT2D eigenvalue weighted by molar-refractivity contribution is 0.352. The molecule has 1 fully saturated rings. The highest BCUT2D eigenvalue weighted by atomic mass is 32.1. The van der Waals surface area contributed by atoms with Crippen molar-refractivity contribution in [2.75, 3.05) is 31.5 Å². The number of nitrogens with one attached hydrogen (secondary N) is 1. The van der Waals surface area contributed by atoms with E-state index in [4.69, 9.17) is 18.0 Å². The van der Waals surface area contributed by atoms with Crippen LogP contribution in [0.1, 0.15) is 29.7 Å². The zero-order chi connectivity index (χ0) is 13.8. The van der Waals surface area contributed by atoms with Crippen LogP contribution < -0.4 is 11.1 Å². The second-order valence-corrected chi connectivity index (χ2v) is 5.41. The van der Waals surface area contributed by atoms with Crippen LogP contribution in [0.2, 0.25) is 0 Å². The minimum absolute atomic E-state index is 0.374. The Bertz CT molecular complexity index is 468. The van der Waals surface area contributed by atoms with Gasteiger partial charge in [-0.05, 0) is 45.3 Å². The fourth-order valence-electron chi connectivity index (χ4n) is 2.37. The molecule has 1 aromatic heterocycles. The largest absolute Gasteiger partial charge is 0.389 e. The number of aryl methyl sites for hydroxylation is 1. The lowest BCUT2D eigenvalue weighted by atomic mass is 10.1. The van der Waals surface area contributed by atoms with E-state index in [-0.39, 0.29) is 0 Å². The topological polar surface area (TPSA) is 67.1 Å². The molecule has 0 aromatic carbocycles. The predicted molar refractivity (Wildman–Crippen MR) is 81.6 cm³/mol. The van der Waals surface area contributed by atoms with E-state index in [0.29, 0.717) is 10.8 Å². The summed E-state index contributed by atoms with van der Waals surface area (Å²) in [7, 11) is 0. The highest BCUT2D eigenvalue weighted by molar-refractivity contribution is 7.80. The highest BCUT2D eigenvalue weighted by Gasteiger charge is 2.14. The Labute approximate surface area is 119 Å². The van der Waals surface area contributed by atoms with Crippen LogP contribution in [0.4, 0.5) is 5.82 Å². The van der Waals surface area contributed by atoms with Gasteiger partial charge in [0.05, 0.1) is 11.3 Å². The molecule has 1 aliphatic rings. The molecule has 3 N–H and O–H groups in total. The number of rotatable bonds is 5. The van der Waals surface area contributed by atoms with E-state index in [9.17, 15) is 0 Å². The lowest BCUT2D eigenvalue weighted by Crippen LogP contribution is -2.27. The van der Waals surface area contributed by atoms with Crippen LogP contribution in [0, 0.1) is 13.8 Å². The van der Waals surface area contributed by atoms with E-state index in [1.54, 1.807) is 0 Å². The molecule has 19 heavy (non-hydrogen) atoms. The molecular formula is C13H21N5S. The molecule has 0 amide bonds. The van der Waals surface area contributed by atoms with Gasteiger partial charge < -0.3 is 16.0 Å². The molecule has 1 aromatic rings. The summed E-state index contributed by atoms with van der Waals surface area (Å²) in [6.45, 7) is 8.14. The predicted octanol–water partition coefficient (Wildman–Crippen LogP) is 1.24. The standard InChI is InChI=1S/C13H21N5S/c1-9-10(2)16-17-13(11(9)12(14)19)15-5-8-18-6-3-4-7-18/h3-8H2,1-2H3,(H2,14,19)(H,15,17). The van der Waals surface area contributed by atoms with Gasteiger partial charge in [0.15, 0.2) is 5.82 Å². The summed E-state index contributed by atoms with van der Waals surface area (Å²) in [5.74, 6) is 0.704. The summed E-state index contributed by atoms with van der Waals surface area (Å²) in [4.78, 5) is 2.82. The molecule has 6 heteroatoms. The summed E-state index contributed by atoms with van der Waals surface area (Å²) in [5.41, 5.74) is 8.49. The number of nitrogens with zero attached hydrogens (tertiary/aromatic N) is 3. The zero-order valence-electron chi connectivity index (χ0n) is 11.6. The van der Waals surface area contributed by atoms with Crippen LogP contribution in [-0.4, -0.2) is 46.3 Å². The quantitative estimate of drug-likeness (QED) is 0.790. The normalized spacial score (nSPS) is 15.7. The molecule has 0 bridgehead atoms. The molecule has 0 unspecified atom stereocenters. The number of aromatic nitrogens is 2. The molecule has 104 valence electrons. The molecule has 2 heterocycles.